The number of benzene rings is 1. The van der Waals surface area contributed by atoms with E-state index in [0.29, 0.717) is 13.2 Å². The summed E-state index contributed by atoms with van der Waals surface area (Å²) in [5, 5.41) is 7.97. The van der Waals surface area contributed by atoms with Crippen LogP contribution in [0.1, 0.15) is 38.3 Å². The summed E-state index contributed by atoms with van der Waals surface area (Å²) >= 11 is 0. The molecule has 2 aliphatic rings. The van der Waals surface area contributed by atoms with Crippen LogP contribution in [0, 0.1) is 5.92 Å². The quantitative estimate of drug-likeness (QED) is 0.719. The molecule has 0 spiro atoms. The van der Waals surface area contributed by atoms with Gasteiger partial charge in [0.2, 0.25) is 5.91 Å². The lowest BCUT2D eigenvalue weighted by Gasteiger charge is -2.46. The number of imide groups is 1. The van der Waals surface area contributed by atoms with Gasteiger partial charge in [-0.25, -0.2) is 9.59 Å². The fraction of sp³-hybridized carbons (Fsp3) is 0.500. The van der Waals surface area contributed by atoms with Crippen LogP contribution in [0.3, 0.4) is 0 Å². The number of unbranched alkanes of at least 4 members (excludes halogenated alkanes) is 1. The second-order valence-corrected chi connectivity index (χ2v) is 6.41. The lowest BCUT2D eigenvalue weighted by molar-refractivity contribution is -0.130. The molecule has 3 N–H and O–H groups in total. The van der Waals surface area contributed by atoms with Crippen molar-refractivity contribution in [2.45, 2.75) is 38.9 Å². The number of nitrogens with one attached hydrogen (secondary N) is 3. The first kappa shape index (κ1) is 18.0. The monoisotopic (exact) mass is 360 g/mol. The summed E-state index contributed by atoms with van der Waals surface area (Å²) in [6, 6.07) is 5.90. The number of fused-ring (bicyclic) bond motifs is 1. The van der Waals surface area contributed by atoms with Gasteiger partial charge in [-0.15, -0.1) is 0 Å². The molecule has 1 aromatic carbocycles. The number of urea groups is 2. The maximum atomic E-state index is 12.5. The van der Waals surface area contributed by atoms with Gasteiger partial charge in [0, 0.05) is 6.54 Å². The van der Waals surface area contributed by atoms with Crippen molar-refractivity contribution in [2.75, 3.05) is 13.2 Å². The number of ether oxygens (including phenoxy) is 1. The van der Waals surface area contributed by atoms with Gasteiger partial charge >= 0.3 is 12.1 Å². The molecule has 26 heavy (non-hydrogen) atoms. The van der Waals surface area contributed by atoms with Crippen molar-refractivity contribution in [1.29, 1.82) is 0 Å². The Bertz CT molecular complexity index is 691. The Labute approximate surface area is 152 Å². The predicted octanol–water partition coefficient (Wildman–Crippen LogP) is 1.73. The van der Waals surface area contributed by atoms with Gasteiger partial charge in [-0.05, 0) is 31.0 Å². The van der Waals surface area contributed by atoms with Crippen LogP contribution in [0.15, 0.2) is 24.3 Å². The van der Waals surface area contributed by atoms with Gasteiger partial charge in [0.25, 0.3) is 0 Å². The first-order valence-corrected chi connectivity index (χ1v) is 8.96. The maximum absolute atomic E-state index is 12.5. The minimum absolute atomic E-state index is 0.390. The molecule has 0 bridgehead atoms. The van der Waals surface area contributed by atoms with Crippen LogP contribution < -0.4 is 20.7 Å². The van der Waals surface area contributed by atoms with E-state index in [1.807, 2.05) is 38.1 Å². The number of amides is 5. The van der Waals surface area contributed by atoms with Crippen molar-refractivity contribution in [2.24, 2.45) is 5.92 Å². The van der Waals surface area contributed by atoms with Gasteiger partial charge in [0.1, 0.15) is 17.8 Å². The number of hydrogen-bond acceptors (Lipinski definition) is 4. The van der Waals surface area contributed by atoms with Crippen LogP contribution in [0.2, 0.25) is 0 Å². The minimum Gasteiger partial charge on any atom is -0.494 e. The number of rotatable bonds is 6. The molecule has 140 valence electrons. The molecule has 0 saturated carbocycles. The molecule has 0 aliphatic carbocycles. The molecule has 8 heteroatoms. The van der Waals surface area contributed by atoms with Crippen LogP contribution in [0.4, 0.5) is 9.59 Å². The summed E-state index contributed by atoms with van der Waals surface area (Å²) < 4.78 is 5.44. The molecule has 3 atom stereocenters. The van der Waals surface area contributed by atoms with Crippen molar-refractivity contribution in [3.63, 3.8) is 0 Å². The van der Waals surface area contributed by atoms with Crippen molar-refractivity contribution < 1.29 is 19.1 Å². The average Bonchev–Trinajstić information content (AvgIpc) is 2.61. The zero-order valence-electron chi connectivity index (χ0n) is 15.0. The van der Waals surface area contributed by atoms with E-state index < -0.39 is 30.2 Å². The lowest BCUT2D eigenvalue weighted by atomic mass is 9.86. The largest absolute Gasteiger partial charge is 0.494 e. The zero-order chi connectivity index (χ0) is 18.7. The Hall–Kier alpha value is -2.77. The van der Waals surface area contributed by atoms with E-state index in [4.69, 9.17) is 4.74 Å². The SMILES string of the molecule is CCCCN1C(=O)NC(=O)C2C(c3ccc(OCC)cc3)NC(=O)NC21. The summed E-state index contributed by atoms with van der Waals surface area (Å²) in [6.45, 7) is 4.96. The predicted molar refractivity (Wildman–Crippen MR) is 94.5 cm³/mol. The highest BCUT2D eigenvalue weighted by Gasteiger charge is 2.49. The maximum Gasteiger partial charge on any atom is 0.325 e. The summed E-state index contributed by atoms with van der Waals surface area (Å²) in [4.78, 5) is 38.5. The van der Waals surface area contributed by atoms with Crippen molar-refractivity contribution >= 4 is 18.0 Å². The summed E-state index contributed by atoms with van der Waals surface area (Å²) in [6.07, 6.45) is 1.04. The molecule has 5 amide bonds. The molecule has 3 rings (SSSR count). The van der Waals surface area contributed by atoms with E-state index in [9.17, 15) is 14.4 Å². The molecule has 2 aliphatic heterocycles. The Morgan fingerprint density at radius 1 is 1.08 bits per heavy atom. The standard InChI is InChI=1S/C18H24N4O4/c1-3-5-10-22-15-13(16(23)21-18(22)25)14(19-17(24)20-15)11-6-8-12(9-7-11)26-4-2/h6-9,13-15H,3-5,10H2,1-2H3,(H2,19,20,24)(H,21,23,25). The molecular weight excluding hydrogens is 336 g/mol. The molecule has 0 radical (unpaired) electrons. The normalized spacial score (nSPS) is 25.1. The van der Waals surface area contributed by atoms with Crippen LogP contribution in [-0.2, 0) is 4.79 Å². The summed E-state index contributed by atoms with van der Waals surface area (Å²) in [5.41, 5.74) is 0.790. The van der Waals surface area contributed by atoms with Gasteiger partial charge in [-0.2, -0.15) is 0 Å². The molecule has 2 fully saturated rings. The van der Waals surface area contributed by atoms with Crippen LogP contribution in [-0.4, -0.2) is 42.2 Å². The number of carbonyl (C=O) groups is 3. The molecule has 1 aromatic rings. The number of carbonyl (C=O) groups excluding carboxylic acids is 3. The highest BCUT2D eigenvalue weighted by Crippen LogP contribution is 2.32. The number of hydrogen-bond donors (Lipinski definition) is 3. The van der Waals surface area contributed by atoms with Crippen LogP contribution >= 0.6 is 0 Å². The lowest BCUT2D eigenvalue weighted by Crippen LogP contribution is -2.72. The molecule has 2 heterocycles. The third-order valence-corrected chi connectivity index (χ3v) is 4.70. The van der Waals surface area contributed by atoms with Gasteiger partial charge in [-0.1, -0.05) is 25.5 Å². The first-order valence-electron chi connectivity index (χ1n) is 8.96. The Balaban J connectivity index is 1.89. The highest BCUT2D eigenvalue weighted by molar-refractivity contribution is 6.00. The zero-order valence-corrected chi connectivity index (χ0v) is 15.0. The van der Waals surface area contributed by atoms with E-state index >= 15 is 0 Å². The molecular formula is C18H24N4O4. The summed E-state index contributed by atoms with van der Waals surface area (Å²) in [7, 11) is 0. The minimum atomic E-state index is -0.659. The molecule has 8 nitrogen and oxygen atoms in total. The van der Waals surface area contributed by atoms with E-state index in [-0.39, 0.29) is 5.91 Å². The van der Waals surface area contributed by atoms with Crippen LogP contribution in [0.5, 0.6) is 5.75 Å². The van der Waals surface area contributed by atoms with Crippen molar-refractivity contribution in [3.8, 4) is 5.75 Å². The second kappa shape index (κ2) is 7.63. The Morgan fingerprint density at radius 2 is 1.81 bits per heavy atom. The smallest absolute Gasteiger partial charge is 0.325 e. The van der Waals surface area contributed by atoms with Gasteiger partial charge in [0.15, 0.2) is 0 Å². The van der Waals surface area contributed by atoms with E-state index in [2.05, 4.69) is 16.0 Å². The third-order valence-electron chi connectivity index (χ3n) is 4.70. The average molecular weight is 360 g/mol. The first-order chi connectivity index (χ1) is 12.5. The van der Waals surface area contributed by atoms with Gasteiger partial charge < -0.3 is 20.3 Å². The fourth-order valence-corrected chi connectivity index (χ4v) is 3.43. The second-order valence-electron chi connectivity index (χ2n) is 6.41. The van der Waals surface area contributed by atoms with Gasteiger partial charge in [-0.3, -0.25) is 10.1 Å². The van der Waals surface area contributed by atoms with E-state index in [0.717, 1.165) is 24.2 Å². The van der Waals surface area contributed by atoms with Gasteiger partial charge in [0.05, 0.1) is 12.6 Å². The van der Waals surface area contributed by atoms with E-state index in [1.165, 1.54) is 4.90 Å². The Morgan fingerprint density at radius 3 is 2.46 bits per heavy atom. The summed E-state index contributed by atoms with van der Waals surface area (Å²) in [5.74, 6) is -0.278. The molecule has 0 aromatic heterocycles. The topological polar surface area (TPSA) is 99.8 Å². The molecule has 2 saturated heterocycles. The highest BCUT2D eigenvalue weighted by atomic mass is 16.5. The Kier molecular flexibility index (Phi) is 5.29. The van der Waals surface area contributed by atoms with Crippen LogP contribution in [0.25, 0.3) is 0 Å². The van der Waals surface area contributed by atoms with E-state index in [1.54, 1.807) is 0 Å². The molecule has 3 unspecified atom stereocenters. The van der Waals surface area contributed by atoms with Crippen molar-refractivity contribution in [3.05, 3.63) is 29.8 Å². The van der Waals surface area contributed by atoms with Crippen molar-refractivity contribution in [1.82, 2.24) is 20.9 Å². The number of nitrogens with zero attached hydrogens (tertiary/aromatic N) is 1. The fourth-order valence-electron chi connectivity index (χ4n) is 3.43. The third kappa shape index (κ3) is 3.44.